The third-order valence-corrected chi connectivity index (χ3v) is 2.98. The molecule has 0 aromatic heterocycles. The molecular formula is C13H19NO2. The molecule has 0 saturated heterocycles. The summed E-state index contributed by atoms with van der Waals surface area (Å²) in [7, 11) is 0. The second kappa shape index (κ2) is 5.66. The third-order valence-electron chi connectivity index (χ3n) is 2.98. The van der Waals surface area contributed by atoms with Gasteiger partial charge in [0.2, 0.25) is 0 Å². The van der Waals surface area contributed by atoms with Crippen LogP contribution in [0.4, 0.5) is 0 Å². The monoisotopic (exact) mass is 221 g/mol. The molecule has 0 saturated carbocycles. The minimum absolute atomic E-state index is 0.229. The molecule has 2 unspecified atom stereocenters. The van der Waals surface area contributed by atoms with Gasteiger partial charge in [0.05, 0.1) is 0 Å². The normalized spacial score (nSPS) is 14.4. The van der Waals surface area contributed by atoms with Gasteiger partial charge in [-0.1, -0.05) is 31.2 Å². The van der Waals surface area contributed by atoms with E-state index >= 15 is 0 Å². The van der Waals surface area contributed by atoms with Gasteiger partial charge in [0.1, 0.15) is 6.04 Å². The van der Waals surface area contributed by atoms with Crippen LogP contribution in [0.1, 0.15) is 36.8 Å². The van der Waals surface area contributed by atoms with E-state index in [4.69, 9.17) is 10.8 Å². The minimum atomic E-state index is -0.924. The summed E-state index contributed by atoms with van der Waals surface area (Å²) in [5.74, 6) is -0.695. The zero-order valence-electron chi connectivity index (χ0n) is 9.81. The summed E-state index contributed by atoms with van der Waals surface area (Å²) in [4.78, 5) is 10.7. The number of hydrogen-bond donors (Lipinski definition) is 2. The average Bonchev–Trinajstić information content (AvgIpc) is 2.26. The Morgan fingerprint density at radius 2 is 2.06 bits per heavy atom. The van der Waals surface area contributed by atoms with Gasteiger partial charge in [0, 0.05) is 0 Å². The Hall–Kier alpha value is -1.35. The van der Waals surface area contributed by atoms with E-state index in [0.717, 1.165) is 6.42 Å². The average molecular weight is 221 g/mol. The number of carboxylic acid groups (broad SMARTS) is 1. The van der Waals surface area contributed by atoms with E-state index in [1.54, 1.807) is 0 Å². The number of aryl methyl sites for hydroxylation is 1. The summed E-state index contributed by atoms with van der Waals surface area (Å²) in [6, 6.07) is 7.30. The maximum absolute atomic E-state index is 10.7. The van der Waals surface area contributed by atoms with Crippen LogP contribution in [0.3, 0.4) is 0 Å². The highest BCUT2D eigenvalue weighted by atomic mass is 16.4. The third kappa shape index (κ3) is 3.07. The van der Waals surface area contributed by atoms with E-state index in [1.165, 1.54) is 11.1 Å². The molecule has 1 aromatic carbocycles. The van der Waals surface area contributed by atoms with Crippen molar-refractivity contribution in [3.63, 3.8) is 0 Å². The van der Waals surface area contributed by atoms with Crippen molar-refractivity contribution < 1.29 is 9.90 Å². The predicted octanol–water partition coefficient (Wildman–Crippen LogP) is 2.29. The Kier molecular flexibility index (Phi) is 4.50. The molecule has 0 heterocycles. The fourth-order valence-corrected chi connectivity index (χ4v) is 1.97. The molecule has 0 amide bonds. The highest BCUT2D eigenvalue weighted by molar-refractivity contribution is 5.73. The number of aliphatic carboxylic acids is 1. The molecule has 0 aliphatic rings. The first-order valence-electron chi connectivity index (χ1n) is 5.60. The Morgan fingerprint density at radius 3 is 2.56 bits per heavy atom. The van der Waals surface area contributed by atoms with Gasteiger partial charge in [0.25, 0.3) is 0 Å². The molecule has 1 aromatic rings. The van der Waals surface area contributed by atoms with Gasteiger partial charge in [-0.15, -0.1) is 0 Å². The number of benzene rings is 1. The van der Waals surface area contributed by atoms with Crippen LogP contribution in [0.2, 0.25) is 0 Å². The second-order valence-electron chi connectivity index (χ2n) is 4.14. The summed E-state index contributed by atoms with van der Waals surface area (Å²) in [6.07, 6.45) is 1.41. The molecule has 1 rings (SSSR count). The molecule has 16 heavy (non-hydrogen) atoms. The maximum atomic E-state index is 10.7. The van der Waals surface area contributed by atoms with Crippen molar-refractivity contribution in [3.8, 4) is 0 Å². The van der Waals surface area contributed by atoms with Gasteiger partial charge in [0.15, 0.2) is 0 Å². The van der Waals surface area contributed by atoms with Crippen molar-refractivity contribution in [2.24, 2.45) is 5.73 Å². The first-order chi connectivity index (χ1) is 7.56. The first kappa shape index (κ1) is 12.7. The first-order valence-corrected chi connectivity index (χ1v) is 5.60. The molecule has 3 N–H and O–H groups in total. The zero-order chi connectivity index (χ0) is 12.1. The highest BCUT2D eigenvalue weighted by Gasteiger charge is 2.19. The predicted molar refractivity (Wildman–Crippen MR) is 64.4 cm³/mol. The van der Waals surface area contributed by atoms with Crippen LogP contribution < -0.4 is 5.73 Å². The van der Waals surface area contributed by atoms with Crippen LogP contribution >= 0.6 is 0 Å². The van der Waals surface area contributed by atoms with Crippen LogP contribution in [-0.4, -0.2) is 17.1 Å². The van der Waals surface area contributed by atoms with Crippen molar-refractivity contribution in [2.75, 3.05) is 0 Å². The van der Waals surface area contributed by atoms with Crippen molar-refractivity contribution in [2.45, 2.75) is 38.6 Å². The van der Waals surface area contributed by atoms with Crippen molar-refractivity contribution >= 4 is 5.97 Å². The van der Waals surface area contributed by atoms with Gasteiger partial charge in [-0.25, -0.2) is 0 Å². The number of rotatable bonds is 5. The molecule has 0 bridgehead atoms. The fourth-order valence-electron chi connectivity index (χ4n) is 1.97. The molecule has 0 spiro atoms. The number of carbonyl (C=O) groups is 1. The van der Waals surface area contributed by atoms with E-state index in [1.807, 2.05) is 25.1 Å². The maximum Gasteiger partial charge on any atom is 0.320 e. The molecule has 0 aliphatic carbocycles. The molecule has 0 aliphatic heterocycles. The lowest BCUT2D eigenvalue weighted by molar-refractivity contribution is -0.138. The Balaban J connectivity index is 2.83. The molecule has 3 heteroatoms. The number of hydrogen-bond acceptors (Lipinski definition) is 2. The molecule has 0 fully saturated rings. The summed E-state index contributed by atoms with van der Waals surface area (Å²) in [5, 5.41) is 8.82. The van der Waals surface area contributed by atoms with Gasteiger partial charge < -0.3 is 10.8 Å². The lowest BCUT2D eigenvalue weighted by Gasteiger charge is -2.19. The van der Waals surface area contributed by atoms with Gasteiger partial charge in [-0.05, 0) is 36.8 Å². The van der Waals surface area contributed by atoms with Crippen LogP contribution in [-0.2, 0) is 4.79 Å². The Labute approximate surface area is 96.3 Å². The second-order valence-corrected chi connectivity index (χ2v) is 4.14. The van der Waals surface area contributed by atoms with E-state index in [-0.39, 0.29) is 5.92 Å². The largest absolute Gasteiger partial charge is 0.480 e. The SMILES string of the molecule is CCC(CC(N)C(=O)O)c1ccccc1C. The van der Waals surface area contributed by atoms with Crippen LogP contribution in [0.5, 0.6) is 0 Å². The quantitative estimate of drug-likeness (QED) is 0.801. The zero-order valence-corrected chi connectivity index (χ0v) is 9.81. The lowest BCUT2D eigenvalue weighted by atomic mass is 9.87. The van der Waals surface area contributed by atoms with Gasteiger partial charge >= 0.3 is 5.97 Å². The van der Waals surface area contributed by atoms with E-state index in [9.17, 15) is 4.79 Å². The summed E-state index contributed by atoms with van der Waals surface area (Å²) >= 11 is 0. The van der Waals surface area contributed by atoms with Crippen LogP contribution in [0.25, 0.3) is 0 Å². The smallest absolute Gasteiger partial charge is 0.320 e. The van der Waals surface area contributed by atoms with Crippen LogP contribution in [0.15, 0.2) is 24.3 Å². The molecule has 2 atom stereocenters. The fraction of sp³-hybridized carbons (Fsp3) is 0.462. The topological polar surface area (TPSA) is 63.3 Å². The minimum Gasteiger partial charge on any atom is -0.480 e. The summed E-state index contributed by atoms with van der Waals surface area (Å²) in [6.45, 7) is 4.11. The van der Waals surface area contributed by atoms with E-state index < -0.39 is 12.0 Å². The molecule has 88 valence electrons. The lowest BCUT2D eigenvalue weighted by Crippen LogP contribution is -2.31. The Morgan fingerprint density at radius 1 is 1.44 bits per heavy atom. The van der Waals surface area contributed by atoms with Gasteiger partial charge in [-0.2, -0.15) is 0 Å². The summed E-state index contributed by atoms with van der Waals surface area (Å²) < 4.78 is 0. The standard InChI is InChI=1S/C13H19NO2/c1-3-10(8-12(14)13(15)16)11-7-5-4-6-9(11)2/h4-7,10,12H,3,8,14H2,1-2H3,(H,15,16). The molecule has 0 radical (unpaired) electrons. The van der Waals surface area contributed by atoms with Crippen molar-refractivity contribution in [1.82, 2.24) is 0 Å². The van der Waals surface area contributed by atoms with Crippen molar-refractivity contribution in [1.29, 1.82) is 0 Å². The molecule has 3 nitrogen and oxygen atoms in total. The summed E-state index contributed by atoms with van der Waals surface area (Å²) in [5.41, 5.74) is 7.99. The van der Waals surface area contributed by atoms with Gasteiger partial charge in [-0.3, -0.25) is 4.79 Å². The van der Waals surface area contributed by atoms with E-state index in [0.29, 0.717) is 6.42 Å². The van der Waals surface area contributed by atoms with E-state index in [2.05, 4.69) is 13.0 Å². The van der Waals surface area contributed by atoms with Crippen LogP contribution in [0, 0.1) is 6.92 Å². The number of nitrogens with two attached hydrogens (primary N) is 1. The number of carboxylic acids is 1. The highest BCUT2D eigenvalue weighted by Crippen LogP contribution is 2.26. The molecular weight excluding hydrogens is 202 g/mol. The van der Waals surface area contributed by atoms with Crippen molar-refractivity contribution in [3.05, 3.63) is 35.4 Å². The Bertz CT molecular complexity index is 363.